The quantitative estimate of drug-likeness (QED) is 0.306. The Balaban J connectivity index is 3.04. The van der Waals surface area contributed by atoms with E-state index in [1.807, 2.05) is 6.92 Å². The van der Waals surface area contributed by atoms with Crippen LogP contribution in [-0.2, 0) is 9.53 Å². The van der Waals surface area contributed by atoms with Crippen molar-refractivity contribution in [1.82, 2.24) is 5.32 Å². The number of non-ortho nitro benzene ring substituents is 2. The van der Waals surface area contributed by atoms with E-state index in [4.69, 9.17) is 4.74 Å². The maximum absolute atomic E-state index is 12.4. The molecule has 0 spiro atoms. The van der Waals surface area contributed by atoms with Gasteiger partial charge in [-0.2, -0.15) is 0 Å². The van der Waals surface area contributed by atoms with E-state index < -0.39 is 39.1 Å². The largest absolute Gasteiger partial charge is 0.464 e. The van der Waals surface area contributed by atoms with E-state index >= 15 is 0 Å². The minimum atomic E-state index is -0.974. The second-order valence-electron chi connectivity index (χ2n) is 5.97. The Bertz CT molecular complexity index is 671. The zero-order valence-electron chi connectivity index (χ0n) is 14.8. The van der Waals surface area contributed by atoms with Gasteiger partial charge < -0.3 is 10.1 Å². The van der Waals surface area contributed by atoms with Crippen LogP contribution in [0.3, 0.4) is 0 Å². The van der Waals surface area contributed by atoms with Gasteiger partial charge in [0.2, 0.25) is 0 Å². The molecule has 10 nitrogen and oxygen atoms in total. The Morgan fingerprint density at radius 1 is 1.12 bits per heavy atom. The third-order valence-corrected chi connectivity index (χ3v) is 3.54. The maximum atomic E-state index is 12.4. The molecule has 1 aromatic rings. The molecule has 0 aromatic heterocycles. The number of ether oxygens (including phenoxy) is 1. The lowest BCUT2D eigenvalue weighted by molar-refractivity contribution is -0.394. The number of hydrogen-bond donors (Lipinski definition) is 1. The highest BCUT2D eigenvalue weighted by Crippen LogP contribution is 2.23. The molecule has 0 aliphatic rings. The van der Waals surface area contributed by atoms with Gasteiger partial charge in [0.1, 0.15) is 6.04 Å². The summed E-state index contributed by atoms with van der Waals surface area (Å²) < 4.78 is 5.10. The van der Waals surface area contributed by atoms with Crippen LogP contribution in [0, 0.1) is 26.1 Å². The molecule has 26 heavy (non-hydrogen) atoms. The summed E-state index contributed by atoms with van der Waals surface area (Å²) in [6.07, 6.45) is 1.52. The van der Waals surface area contributed by atoms with Crippen molar-refractivity contribution in [3.63, 3.8) is 0 Å². The van der Waals surface area contributed by atoms with Crippen LogP contribution in [0.1, 0.15) is 44.0 Å². The molecule has 0 heterocycles. The average Bonchev–Trinajstić information content (AvgIpc) is 2.58. The van der Waals surface area contributed by atoms with Crippen molar-refractivity contribution < 1.29 is 24.2 Å². The predicted molar refractivity (Wildman–Crippen MR) is 91.7 cm³/mol. The monoisotopic (exact) mass is 367 g/mol. The van der Waals surface area contributed by atoms with E-state index in [1.165, 1.54) is 0 Å². The van der Waals surface area contributed by atoms with Gasteiger partial charge in [-0.15, -0.1) is 0 Å². The first-order chi connectivity index (χ1) is 12.2. The van der Waals surface area contributed by atoms with Crippen molar-refractivity contribution in [1.29, 1.82) is 0 Å². The number of hydrogen-bond acceptors (Lipinski definition) is 7. The van der Waals surface area contributed by atoms with Crippen LogP contribution in [0.25, 0.3) is 0 Å². The van der Waals surface area contributed by atoms with Crippen molar-refractivity contribution >= 4 is 23.3 Å². The number of carbonyl (C=O) groups is 2. The number of benzene rings is 1. The van der Waals surface area contributed by atoms with Crippen LogP contribution in [0.2, 0.25) is 0 Å². The molecule has 0 radical (unpaired) electrons. The lowest BCUT2D eigenvalue weighted by Gasteiger charge is -2.20. The van der Waals surface area contributed by atoms with Gasteiger partial charge in [-0.25, -0.2) is 4.79 Å². The van der Waals surface area contributed by atoms with Crippen LogP contribution in [0.5, 0.6) is 0 Å². The summed E-state index contributed by atoms with van der Waals surface area (Å²) in [6, 6.07) is 1.62. The van der Waals surface area contributed by atoms with E-state index in [-0.39, 0.29) is 18.1 Å². The van der Waals surface area contributed by atoms with Crippen LogP contribution < -0.4 is 5.32 Å². The van der Waals surface area contributed by atoms with Gasteiger partial charge in [0, 0.05) is 12.1 Å². The Morgan fingerprint density at radius 3 is 2.08 bits per heavy atom. The van der Waals surface area contributed by atoms with Crippen LogP contribution in [0.4, 0.5) is 11.4 Å². The molecule has 1 N–H and O–H groups in total. The zero-order valence-corrected chi connectivity index (χ0v) is 14.8. The van der Waals surface area contributed by atoms with Crippen molar-refractivity contribution in [2.75, 3.05) is 6.61 Å². The fourth-order valence-corrected chi connectivity index (χ4v) is 2.07. The highest BCUT2D eigenvalue weighted by Gasteiger charge is 2.28. The Kier molecular flexibility index (Phi) is 7.63. The number of amides is 1. The van der Waals surface area contributed by atoms with Gasteiger partial charge in [0.15, 0.2) is 0 Å². The van der Waals surface area contributed by atoms with Gasteiger partial charge >= 0.3 is 5.97 Å². The highest BCUT2D eigenvalue weighted by molar-refractivity contribution is 5.98. The number of carbonyl (C=O) groups excluding carboxylic acids is 2. The average molecular weight is 367 g/mol. The van der Waals surface area contributed by atoms with Crippen LogP contribution in [0.15, 0.2) is 18.2 Å². The molecular weight excluding hydrogens is 346 g/mol. The first-order valence-electron chi connectivity index (χ1n) is 8.08. The molecule has 0 saturated carbocycles. The molecule has 1 atom stereocenters. The Morgan fingerprint density at radius 2 is 1.65 bits per heavy atom. The van der Waals surface area contributed by atoms with Crippen molar-refractivity contribution in [2.24, 2.45) is 5.92 Å². The smallest absolute Gasteiger partial charge is 0.328 e. The van der Waals surface area contributed by atoms with Crippen molar-refractivity contribution in [3.8, 4) is 0 Å². The summed E-state index contributed by atoms with van der Waals surface area (Å²) in [5.74, 6) is -1.76. The third-order valence-electron chi connectivity index (χ3n) is 3.54. The van der Waals surface area contributed by atoms with E-state index in [9.17, 15) is 29.8 Å². The van der Waals surface area contributed by atoms with Gasteiger partial charge in [-0.1, -0.05) is 27.2 Å². The molecule has 0 aliphatic heterocycles. The second kappa shape index (κ2) is 9.44. The fourth-order valence-electron chi connectivity index (χ4n) is 2.07. The molecular formula is C16H21N3O7. The number of rotatable bonds is 9. The minimum absolute atomic E-state index is 0.219. The number of nitrogens with zero attached hydrogens (tertiary/aromatic N) is 2. The van der Waals surface area contributed by atoms with E-state index in [0.29, 0.717) is 6.42 Å². The van der Waals surface area contributed by atoms with Gasteiger partial charge in [-0.05, 0) is 12.3 Å². The summed E-state index contributed by atoms with van der Waals surface area (Å²) >= 11 is 0. The van der Waals surface area contributed by atoms with Crippen LogP contribution in [-0.4, -0.2) is 34.4 Å². The molecule has 142 valence electrons. The topological polar surface area (TPSA) is 142 Å². The number of nitro benzene ring substituents is 2. The molecule has 0 unspecified atom stereocenters. The van der Waals surface area contributed by atoms with E-state index in [0.717, 1.165) is 24.6 Å². The first-order valence-corrected chi connectivity index (χ1v) is 8.08. The molecule has 0 saturated heterocycles. The summed E-state index contributed by atoms with van der Waals surface area (Å²) in [5.41, 5.74) is -1.45. The van der Waals surface area contributed by atoms with Gasteiger partial charge in [0.05, 0.1) is 28.1 Å². The molecule has 1 amide bonds. The number of esters is 1. The lowest BCUT2D eigenvalue weighted by Crippen LogP contribution is -2.45. The molecule has 0 bridgehead atoms. The zero-order chi connectivity index (χ0) is 19.9. The molecule has 1 rings (SSSR count). The van der Waals surface area contributed by atoms with Gasteiger partial charge in [-0.3, -0.25) is 25.0 Å². The number of nitrogens with one attached hydrogen (secondary N) is 1. The second-order valence-corrected chi connectivity index (χ2v) is 5.97. The standard InChI is InChI=1S/C16H21N3O7/c1-4-5-6-26-16(21)14(10(2)3)17-15(20)11-7-12(18(22)23)9-13(8-11)19(24)25/h7-10,14H,4-6H2,1-3H3,(H,17,20)/t14-/m1/s1. The molecule has 0 aliphatic carbocycles. The number of nitro groups is 2. The molecule has 0 fully saturated rings. The Hall–Kier alpha value is -3.04. The third kappa shape index (κ3) is 5.80. The minimum Gasteiger partial charge on any atom is -0.464 e. The lowest BCUT2D eigenvalue weighted by atomic mass is 10.0. The summed E-state index contributed by atoms with van der Waals surface area (Å²) in [7, 11) is 0. The van der Waals surface area contributed by atoms with E-state index in [1.54, 1.807) is 13.8 Å². The van der Waals surface area contributed by atoms with Gasteiger partial charge in [0.25, 0.3) is 17.3 Å². The van der Waals surface area contributed by atoms with Crippen molar-refractivity contribution in [3.05, 3.63) is 44.0 Å². The highest BCUT2D eigenvalue weighted by atomic mass is 16.6. The summed E-state index contributed by atoms with van der Waals surface area (Å²) in [5, 5.41) is 24.3. The Labute approximate surface area is 149 Å². The first kappa shape index (κ1) is 21.0. The fraction of sp³-hybridized carbons (Fsp3) is 0.500. The number of unbranched alkanes of at least 4 members (excludes halogenated alkanes) is 1. The van der Waals surface area contributed by atoms with Crippen molar-refractivity contribution in [2.45, 2.75) is 39.7 Å². The maximum Gasteiger partial charge on any atom is 0.328 e. The summed E-state index contributed by atoms with van der Waals surface area (Å²) in [4.78, 5) is 44.7. The predicted octanol–water partition coefficient (Wildman–Crippen LogP) is 2.60. The van der Waals surface area contributed by atoms with Crippen LogP contribution >= 0.6 is 0 Å². The normalized spacial score (nSPS) is 11.7. The molecule has 1 aromatic carbocycles. The SMILES string of the molecule is CCCCOC(=O)[C@H](NC(=O)c1cc([N+](=O)[O-])cc([N+](=O)[O-])c1)C(C)C. The molecule has 10 heteroatoms. The van der Waals surface area contributed by atoms with E-state index in [2.05, 4.69) is 5.32 Å². The summed E-state index contributed by atoms with van der Waals surface area (Å²) in [6.45, 7) is 5.55.